The molecule has 0 fully saturated rings. The smallest absolute Gasteiger partial charge is 0.254 e. The molecule has 7 N–H and O–H groups in total. The molecule has 6 aromatic rings. The highest BCUT2D eigenvalue weighted by Gasteiger charge is 2.36. The predicted molar refractivity (Wildman–Crippen MR) is 306 cm³/mol. The van der Waals surface area contributed by atoms with E-state index in [2.05, 4.69) is 44.0 Å². The van der Waals surface area contributed by atoms with Crippen LogP contribution in [0.1, 0.15) is 43.7 Å². The van der Waals surface area contributed by atoms with E-state index in [4.69, 9.17) is 14.6 Å². The Balaban J connectivity index is 0.000000237. The number of ether oxygens (including phenoxy) is 2. The van der Waals surface area contributed by atoms with Crippen LogP contribution in [0.2, 0.25) is 0 Å². The molecule has 0 aliphatic carbocycles. The maximum Gasteiger partial charge on any atom is 0.254 e. The molecule has 77 heavy (non-hydrogen) atoms. The molecule has 2 aliphatic rings. The first-order valence-electron chi connectivity index (χ1n) is 24.2. The Kier molecular flexibility index (Phi) is 21.7. The van der Waals surface area contributed by atoms with Gasteiger partial charge in [-0.25, -0.2) is 0 Å². The van der Waals surface area contributed by atoms with Crippen molar-refractivity contribution in [1.82, 2.24) is 10.6 Å². The van der Waals surface area contributed by atoms with Crippen LogP contribution in [0.5, 0.6) is 11.5 Å². The van der Waals surface area contributed by atoms with E-state index in [0.29, 0.717) is 78.0 Å². The number of allylic oxidation sites excluding steroid dienone is 4. The molecule has 8 rings (SSSR count). The molecular weight excluding hydrogens is 1010 g/mol. The molecule has 2 atom stereocenters. The normalized spacial score (nSPS) is 14.5. The van der Waals surface area contributed by atoms with Gasteiger partial charge in [-0.05, 0) is 105 Å². The number of thioether (sulfide) groups is 2. The average molecular weight is 1070 g/mol. The number of rotatable bonds is 16. The zero-order valence-corrected chi connectivity index (χ0v) is 44.7. The third kappa shape index (κ3) is 16.0. The van der Waals surface area contributed by atoms with Gasteiger partial charge in [0, 0.05) is 51.9 Å². The van der Waals surface area contributed by atoms with Gasteiger partial charge in [-0.2, -0.15) is 10.5 Å². The summed E-state index contributed by atoms with van der Waals surface area (Å²) >= 11 is 2.46. The Morgan fingerprint density at radius 1 is 0.506 bits per heavy atom. The Labute approximate surface area is 457 Å². The van der Waals surface area contributed by atoms with Crippen LogP contribution in [0, 0.1) is 22.7 Å². The minimum absolute atomic E-state index is 0.0938. The van der Waals surface area contributed by atoms with Crippen molar-refractivity contribution in [2.45, 2.75) is 32.6 Å². The summed E-state index contributed by atoms with van der Waals surface area (Å²) in [5, 5.41) is 47.1. The van der Waals surface area contributed by atoms with Gasteiger partial charge in [0.05, 0.1) is 70.9 Å². The number of carbonyl (C=O) groups excluding carboxylic acids is 4. The lowest BCUT2D eigenvalue weighted by atomic mass is 9.82. The summed E-state index contributed by atoms with van der Waals surface area (Å²) in [5.41, 5.74) is 7.07. The number of hydrogen-bond acceptors (Lipinski definition) is 13. The topological polar surface area (TPSA) is 227 Å². The Morgan fingerprint density at radius 3 is 1.06 bits per heavy atom. The number of aliphatic hydroxyl groups is 1. The SMILES string of the molecule is CCO.COc1ccc(C2C(C#N)=C(SCC(=O)Nc3ccccc3)NC(C)=C2C(=O)Nc2ccccc2)cc1.COc1ccc(C2C(C#N)=C(SCC(=O)Nc3ccccc3)NC(C)=C2C(=O)Nc2ccccc2)cc1. The number of benzene rings is 6. The van der Waals surface area contributed by atoms with Crippen molar-refractivity contribution in [3.63, 3.8) is 0 Å². The number of hydrogen-bond donors (Lipinski definition) is 7. The second-order valence-corrected chi connectivity index (χ2v) is 18.8. The number of anilines is 4. The molecule has 2 unspecified atom stereocenters. The second-order valence-electron chi connectivity index (χ2n) is 16.8. The summed E-state index contributed by atoms with van der Waals surface area (Å²) in [5.74, 6) is -0.734. The third-order valence-electron chi connectivity index (χ3n) is 11.6. The maximum atomic E-state index is 13.5. The lowest BCUT2D eigenvalue weighted by Crippen LogP contribution is -2.31. The fraction of sp³-hybridized carbons (Fsp3) is 0.167. The first-order chi connectivity index (χ1) is 37.4. The summed E-state index contributed by atoms with van der Waals surface area (Å²) in [7, 11) is 3.16. The lowest BCUT2D eigenvalue weighted by Gasteiger charge is -2.30. The van der Waals surface area contributed by atoms with E-state index < -0.39 is 11.8 Å². The van der Waals surface area contributed by atoms with Crippen LogP contribution in [0.25, 0.3) is 0 Å². The van der Waals surface area contributed by atoms with Crippen LogP contribution in [0.15, 0.2) is 214 Å². The van der Waals surface area contributed by atoms with E-state index in [1.54, 1.807) is 83.5 Å². The molecule has 4 amide bonds. The summed E-state index contributed by atoms with van der Waals surface area (Å²) in [4.78, 5) is 52.1. The van der Waals surface area contributed by atoms with Gasteiger partial charge in [0.2, 0.25) is 11.8 Å². The fourth-order valence-corrected chi connectivity index (χ4v) is 9.85. The minimum atomic E-state index is -0.624. The van der Waals surface area contributed by atoms with Crippen molar-refractivity contribution >= 4 is 69.9 Å². The maximum absolute atomic E-state index is 13.5. The van der Waals surface area contributed by atoms with Crippen LogP contribution in [-0.2, 0) is 19.2 Å². The number of para-hydroxylation sites is 4. The van der Waals surface area contributed by atoms with Crippen LogP contribution < -0.4 is 41.4 Å². The van der Waals surface area contributed by atoms with Crippen molar-refractivity contribution in [3.8, 4) is 23.6 Å². The van der Waals surface area contributed by atoms with Crippen molar-refractivity contribution in [2.24, 2.45) is 0 Å². The van der Waals surface area contributed by atoms with Gasteiger partial charge in [-0.15, -0.1) is 0 Å². The Morgan fingerprint density at radius 2 is 0.792 bits per heavy atom. The van der Waals surface area contributed by atoms with Crippen LogP contribution in [0.4, 0.5) is 22.7 Å². The number of nitrogens with zero attached hydrogens (tertiary/aromatic N) is 2. The van der Waals surface area contributed by atoms with E-state index in [0.717, 1.165) is 11.1 Å². The zero-order chi connectivity index (χ0) is 55.1. The molecule has 2 heterocycles. The molecule has 0 aromatic heterocycles. The van der Waals surface area contributed by atoms with Crippen molar-refractivity contribution in [2.75, 3.05) is 53.6 Å². The van der Waals surface area contributed by atoms with E-state index in [9.17, 15) is 29.7 Å². The van der Waals surface area contributed by atoms with Gasteiger partial charge >= 0.3 is 0 Å². The summed E-state index contributed by atoms with van der Waals surface area (Å²) in [6, 6.07) is 55.9. The molecule has 17 heteroatoms. The molecule has 0 radical (unpaired) electrons. The van der Waals surface area contributed by atoms with Gasteiger partial charge in [-0.1, -0.05) is 121 Å². The first-order valence-corrected chi connectivity index (χ1v) is 26.2. The van der Waals surface area contributed by atoms with Crippen molar-refractivity contribution in [3.05, 3.63) is 225 Å². The molecular formula is C60H58N8O7S2. The molecule has 0 saturated heterocycles. The highest BCUT2D eigenvalue weighted by atomic mass is 32.2. The van der Waals surface area contributed by atoms with E-state index >= 15 is 0 Å². The van der Waals surface area contributed by atoms with E-state index in [1.165, 1.54) is 23.5 Å². The number of methoxy groups -OCH3 is 2. The van der Waals surface area contributed by atoms with Gasteiger partial charge in [-0.3, -0.25) is 19.2 Å². The van der Waals surface area contributed by atoms with Crippen molar-refractivity contribution in [1.29, 1.82) is 10.5 Å². The summed E-state index contributed by atoms with van der Waals surface area (Å²) < 4.78 is 10.6. The van der Waals surface area contributed by atoms with Crippen molar-refractivity contribution < 1.29 is 33.8 Å². The standard InChI is InChI=1S/2C29H26N4O3S.C2H6O/c2*1-19-26(28(35)33-22-11-7-4-8-12-22)27(20-13-15-23(36-2)16-14-20)24(17-30)29(31-19)37-18-25(34)32-21-9-5-3-6-10-21;1-2-3/h2*3-16,27,31H,18H2,1-2H3,(H,32,34)(H,33,35);3H,2H2,1H3. The number of amides is 4. The number of aliphatic hydroxyl groups excluding tert-OH is 1. The molecule has 0 bridgehead atoms. The van der Waals surface area contributed by atoms with Crippen LogP contribution in [0.3, 0.4) is 0 Å². The number of nitriles is 2. The van der Waals surface area contributed by atoms with Gasteiger partial charge in [0.15, 0.2) is 0 Å². The quantitative estimate of drug-likeness (QED) is 0.0479. The summed E-state index contributed by atoms with van der Waals surface area (Å²) in [6.45, 7) is 5.53. The predicted octanol–water partition coefficient (Wildman–Crippen LogP) is 10.8. The number of carbonyl (C=O) groups is 4. The lowest BCUT2D eigenvalue weighted by molar-refractivity contribution is -0.114. The van der Waals surface area contributed by atoms with Crippen LogP contribution in [-0.4, -0.2) is 61.1 Å². The highest BCUT2D eigenvalue weighted by molar-refractivity contribution is 8.03. The fourth-order valence-electron chi connectivity index (χ4n) is 8.07. The zero-order valence-electron chi connectivity index (χ0n) is 43.0. The summed E-state index contributed by atoms with van der Waals surface area (Å²) in [6.07, 6.45) is 0. The van der Waals surface area contributed by atoms with E-state index in [-0.39, 0.29) is 41.7 Å². The van der Waals surface area contributed by atoms with Crippen LogP contribution >= 0.6 is 23.5 Å². The van der Waals surface area contributed by atoms with E-state index in [1.807, 2.05) is 121 Å². The second kappa shape index (κ2) is 29.2. The number of dihydropyridines is 2. The minimum Gasteiger partial charge on any atom is -0.497 e. The number of nitrogens with one attached hydrogen (secondary N) is 6. The molecule has 392 valence electrons. The van der Waals surface area contributed by atoms with Gasteiger partial charge in [0.1, 0.15) is 11.5 Å². The molecule has 2 aliphatic heterocycles. The largest absolute Gasteiger partial charge is 0.497 e. The Hall–Kier alpha value is -9.00. The monoisotopic (exact) mass is 1070 g/mol. The molecule has 0 spiro atoms. The Bertz CT molecular complexity index is 3000. The third-order valence-corrected chi connectivity index (χ3v) is 13.6. The van der Waals surface area contributed by atoms with Gasteiger partial charge < -0.3 is 46.5 Å². The first kappa shape index (κ1) is 57.3. The molecule has 6 aromatic carbocycles. The van der Waals surface area contributed by atoms with Gasteiger partial charge in [0.25, 0.3) is 11.8 Å². The molecule has 15 nitrogen and oxygen atoms in total. The average Bonchev–Trinajstić information content (AvgIpc) is 3.46. The highest BCUT2D eigenvalue weighted by Crippen LogP contribution is 2.43. The molecule has 0 saturated carbocycles.